The number of Topliss-reactive ketones (excluding diaryl/α,β-unsaturated/α-hetero) is 1. The first kappa shape index (κ1) is 18.4. The van der Waals surface area contributed by atoms with Crippen LogP contribution in [0.15, 0.2) is 47.3 Å². The van der Waals surface area contributed by atoms with E-state index in [4.69, 9.17) is 0 Å². The summed E-state index contributed by atoms with van der Waals surface area (Å²) in [5, 5.41) is 3.49. The Hall–Kier alpha value is -2.97. The number of oxime groups is 1. The Balaban J connectivity index is 2.33. The minimum atomic E-state index is -4.52. The number of nitrogens with zero attached hydrogens (tertiary/aromatic N) is 2. The fourth-order valence-corrected chi connectivity index (χ4v) is 2.17. The molecule has 0 radical (unpaired) electrons. The van der Waals surface area contributed by atoms with Gasteiger partial charge >= 0.3 is 12.1 Å². The van der Waals surface area contributed by atoms with Crippen molar-refractivity contribution in [3.05, 3.63) is 53.4 Å². The summed E-state index contributed by atoms with van der Waals surface area (Å²) in [6, 6.07) is 1.95. The molecule has 0 saturated heterocycles. The molecule has 1 aromatic rings. The number of carbonyl (C=O) groups is 2. The van der Waals surface area contributed by atoms with Crippen LogP contribution in [0.5, 0.6) is 0 Å². The molecule has 0 saturated carbocycles. The molecule has 25 heavy (non-hydrogen) atoms. The first-order valence-corrected chi connectivity index (χ1v) is 6.95. The van der Waals surface area contributed by atoms with Crippen molar-refractivity contribution in [2.24, 2.45) is 5.16 Å². The summed E-state index contributed by atoms with van der Waals surface area (Å²) in [7, 11) is 2.31. The number of esters is 1. The zero-order valence-corrected chi connectivity index (χ0v) is 13.2. The quantitative estimate of drug-likeness (QED) is 0.471. The molecule has 132 valence electrons. The van der Waals surface area contributed by atoms with Gasteiger partial charge in [-0.05, 0) is 18.2 Å². The summed E-state index contributed by atoms with van der Waals surface area (Å²) in [6.07, 6.45) is 0.417. The number of ketones is 1. The van der Waals surface area contributed by atoms with Gasteiger partial charge in [-0.15, -0.1) is 0 Å². The highest BCUT2D eigenvalue weighted by Crippen LogP contribution is 2.30. The molecule has 1 aliphatic rings. The lowest BCUT2D eigenvalue weighted by molar-refractivity contribution is -0.138. The van der Waals surface area contributed by atoms with E-state index >= 15 is 0 Å². The van der Waals surface area contributed by atoms with Gasteiger partial charge in [-0.25, -0.2) is 4.79 Å². The summed E-state index contributed by atoms with van der Waals surface area (Å²) in [5.74, 6) is -2.39. The van der Waals surface area contributed by atoms with Crippen LogP contribution in [0.25, 0.3) is 0 Å². The zero-order chi connectivity index (χ0) is 18.6. The largest absolute Gasteiger partial charge is 0.464 e. The maximum atomic E-state index is 12.6. The predicted molar refractivity (Wildman–Crippen MR) is 80.7 cm³/mol. The third kappa shape index (κ3) is 3.93. The number of aromatic nitrogens is 1. The maximum absolute atomic E-state index is 12.6. The van der Waals surface area contributed by atoms with Crippen LogP contribution in [0.4, 0.5) is 13.2 Å². The monoisotopic (exact) mass is 354 g/mol. The number of ether oxygens (including phenoxy) is 1. The lowest BCUT2D eigenvalue weighted by Crippen LogP contribution is -2.28. The lowest BCUT2D eigenvalue weighted by Gasteiger charge is -2.17. The predicted octanol–water partition coefficient (Wildman–Crippen LogP) is 2.42. The van der Waals surface area contributed by atoms with Crippen LogP contribution in [0.2, 0.25) is 0 Å². The summed E-state index contributed by atoms with van der Waals surface area (Å²) >= 11 is 0. The number of pyridine rings is 1. The van der Waals surface area contributed by atoms with Crippen LogP contribution in [-0.2, 0) is 25.3 Å². The van der Waals surface area contributed by atoms with Gasteiger partial charge in [0.05, 0.1) is 29.9 Å². The average Bonchev–Trinajstić information content (AvgIpc) is 2.59. The molecule has 2 rings (SSSR count). The zero-order valence-electron chi connectivity index (χ0n) is 13.2. The Morgan fingerprint density at radius 1 is 1.28 bits per heavy atom. The van der Waals surface area contributed by atoms with Crippen LogP contribution < -0.4 is 0 Å². The molecule has 0 spiro atoms. The number of alkyl halides is 3. The number of methoxy groups -OCH3 is 1. The molecule has 0 fully saturated rings. The van der Waals surface area contributed by atoms with Gasteiger partial charge in [0.25, 0.3) is 0 Å². The van der Waals surface area contributed by atoms with Crippen molar-refractivity contribution in [1.82, 2.24) is 4.98 Å². The number of hydrogen-bond donors (Lipinski definition) is 0. The Kier molecular flexibility index (Phi) is 5.35. The molecule has 1 heterocycles. The Labute approximate surface area is 140 Å². The molecule has 6 nitrogen and oxygen atoms in total. The first-order valence-electron chi connectivity index (χ1n) is 6.95. The molecule has 1 atom stereocenters. The second-order valence-electron chi connectivity index (χ2n) is 4.89. The van der Waals surface area contributed by atoms with Gasteiger partial charge in [0.1, 0.15) is 7.11 Å². The summed E-state index contributed by atoms with van der Waals surface area (Å²) in [6.45, 7) is 0. The minimum absolute atomic E-state index is 0.0807. The van der Waals surface area contributed by atoms with Crippen molar-refractivity contribution < 1.29 is 32.3 Å². The summed E-state index contributed by atoms with van der Waals surface area (Å²) in [5.41, 5.74) is -1.23. The summed E-state index contributed by atoms with van der Waals surface area (Å²) in [4.78, 5) is 32.6. The Morgan fingerprint density at radius 3 is 2.52 bits per heavy atom. The van der Waals surface area contributed by atoms with Crippen molar-refractivity contribution in [1.29, 1.82) is 0 Å². The third-order valence-corrected chi connectivity index (χ3v) is 3.36. The van der Waals surface area contributed by atoms with Gasteiger partial charge in [-0.2, -0.15) is 13.2 Å². The van der Waals surface area contributed by atoms with Gasteiger partial charge in [-0.3, -0.25) is 9.78 Å². The lowest BCUT2D eigenvalue weighted by atomic mass is 9.87. The Morgan fingerprint density at radius 2 is 2.00 bits per heavy atom. The third-order valence-electron chi connectivity index (χ3n) is 3.36. The van der Waals surface area contributed by atoms with Crippen molar-refractivity contribution >= 4 is 17.5 Å². The number of hydrogen-bond acceptors (Lipinski definition) is 6. The number of rotatable bonds is 4. The van der Waals surface area contributed by atoms with E-state index in [0.29, 0.717) is 6.20 Å². The molecule has 0 amide bonds. The Bertz CT molecular complexity index is 765. The van der Waals surface area contributed by atoms with Crippen molar-refractivity contribution in [2.45, 2.75) is 12.1 Å². The minimum Gasteiger partial charge on any atom is -0.464 e. The van der Waals surface area contributed by atoms with E-state index in [2.05, 4.69) is 19.7 Å². The molecular formula is C16H13F3N2O4. The van der Waals surface area contributed by atoms with E-state index in [1.54, 1.807) is 0 Å². The van der Waals surface area contributed by atoms with E-state index in [9.17, 15) is 22.8 Å². The van der Waals surface area contributed by atoms with Crippen molar-refractivity contribution in [3.63, 3.8) is 0 Å². The standard InChI is InChI=1S/C16H13F3N2O4/c1-24-15(23)13(21-25-2)11-5-3-4-10(14(11)22)12-7-6-9(8-20-12)16(17,18)19/h3-8,10H,1-2H3. The van der Waals surface area contributed by atoms with E-state index in [0.717, 1.165) is 19.2 Å². The normalized spacial score (nSPS) is 18.0. The molecule has 0 aromatic carbocycles. The SMILES string of the molecule is CON=C(C(=O)OC)C1=CC=CC(c2ccc(C(F)(F)F)cn2)C1=O. The van der Waals surface area contributed by atoms with Crippen molar-refractivity contribution in [2.75, 3.05) is 14.2 Å². The van der Waals surface area contributed by atoms with Gasteiger partial charge in [0.15, 0.2) is 11.5 Å². The molecule has 0 N–H and O–H groups in total. The number of carbonyl (C=O) groups excluding carboxylic acids is 2. The molecule has 1 aliphatic carbocycles. The molecule has 0 bridgehead atoms. The molecule has 9 heteroatoms. The smallest absolute Gasteiger partial charge is 0.417 e. The molecular weight excluding hydrogens is 341 g/mol. The van der Waals surface area contributed by atoms with E-state index < -0.39 is 29.4 Å². The summed E-state index contributed by atoms with van der Waals surface area (Å²) < 4.78 is 42.4. The fraction of sp³-hybridized carbons (Fsp3) is 0.250. The average molecular weight is 354 g/mol. The second kappa shape index (κ2) is 7.29. The van der Waals surface area contributed by atoms with E-state index in [1.807, 2.05) is 0 Å². The number of allylic oxidation sites excluding steroid dienone is 3. The highest BCUT2D eigenvalue weighted by molar-refractivity contribution is 6.50. The highest BCUT2D eigenvalue weighted by Gasteiger charge is 2.34. The van der Waals surface area contributed by atoms with Gasteiger partial charge in [0, 0.05) is 6.20 Å². The van der Waals surface area contributed by atoms with Gasteiger partial charge in [-0.1, -0.05) is 17.3 Å². The second-order valence-corrected chi connectivity index (χ2v) is 4.89. The maximum Gasteiger partial charge on any atom is 0.417 e. The van der Waals surface area contributed by atoms with Gasteiger partial charge in [0.2, 0.25) is 0 Å². The van der Waals surface area contributed by atoms with Crippen molar-refractivity contribution in [3.8, 4) is 0 Å². The molecule has 0 aliphatic heterocycles. The first-order chi connectivity index (χ1) is 11.8. The number of halogens is 3. The molecule has 1 aromatic heterocycles. The van der Waals surface area contributed by atoms with E-state index in [1.165, 1.54) is 25.3 Å². The van der Waals surface area contributed by atoms with Crippen LogP contribution in [0.3, 0.4) is 0 Å². The van der Waals surface area contributed by atoms with Crippen LogP contribution in [0.1, 0.15) is 17.2 Å². The van der Waals surface area contributed by atoms with Crippen LogP contribution in [-0.4, -0.2) is 36.7 Å². The molecule has 1 unspecified atom stereocenters. The van der Waals surface area contributed by atoms with Crippen LogP contribution >= 0.6 is 0 Å². The van der Waals surface area contributed by atoms with Gasteiger partial charge < -0.3 is 9.57 Å². The van der Waals surface area contributed by atoms with Crippen LogP contribution in [0, 0.1) is 0 Å². The fourth-order valence-electron chi connectivity index (χ4n) is 2.17. The van der Waals surface area contributed by atoms with E-state index in [-0.39, 0.29) is 17.0 Å². The topological polar surface area (TPSA) is 77.8 Å². The highest BCUT2D eigenvalue weighted by atomic mass is 19.4.